The molecule has 2 aromatic rings. The second kappa shape index (κ2) is 6.26. The minimum Gasteiger partial charge on any atom is -0.347 e. The Kier molecular flexibility index (Phi) is 4.10. The first-order valence-electron chi connectivity index (χ1n) is 8.39. The third kappa shape index (κ3) is 2.74. The smallest absolute Gasteiger partial charge is 0.263 e. The number of nitrogens with one attached hydrogen (secondary N) is 1. The third-order valence-electron chi connectivity index (χ3n) is 5.31. The minimum absolute atomic E-state index is 0.0966. The molecule has 0 saturated carbocycles. The van der Waals surface area contributed by atoms with Crippen molar-refractivity contribution in [2.24, 2.45) is 5.92 Å². The number of hydrogen-bond acceptors (Lipinski definition) is 4. The van der Waals surface area contributed by atoms with Crippen LogP contribution in [0.2, 0.25) is 0 Å². The van der Waals surface area contributed by atoms with E-state index in [1.807, 2.05) is 0 Å². The highest BCUT2D eigenvalue weighted by molar-refractivity contribution is 7.16. The summed E-state index contributed by atoms with van der Waals surface area (Å²) in [6, 6.07) is 7.08. The van der Waals surface area contributed by atoms with E-state index in [4.69, 9.17) is 0 Å². The van der Waals surface area contributed by atoms with Crippen LogP contribution in [0.1, 0.15) is 29.4 Å². The Labute approximate surface area is 144 Å². The fourth-order valence-electron chi connectivity index (χ4n) is 3.91. The van der Waals surface area contributed by atoms with Crippen molar-refractivity contribution in [3.05, 3.63) is 41.2 Å². The summed E-state index contributed by atoms with van der Waals surface area (Å²) in [7, 11) is 0. The summed E-state index contributed by atoms with van der Waals surface area (Å²) >= 11 is 1.24. The molecule has 0 spiro atoms. The van der Waals surface area contributed by atoms with E-state index in [0.717, 1.165) is 25.9 Å². The van der Waals surface area contributed by atoms with E-state index in [2.05, 4.69) is 22.1 Å². The van der Waals surface area contributed by atoms with Crippen molar-refractivity contribution in [3.8, 4) is 10.6 Å². The van der Waals surface area contributed by atoms with Gasteiger partial charge in [0.25, 0.3) is 5.91 Å². The molecule has 1 aromatic carbocycles. The number of carbonyl (C=O) groups excluding carboxylic acids is 1. The van der Waals surface area contributed by atoms with Gasteiger partial charge in [0.05, 0.1) is 6.20 Å². The average molecular weight is 345 g/mol. The van der Waals surface area contributed by atoms with Gasteiger partial charge in [0, 0.05) is 17.6 Å². The van der Waals surface area contributed by atoms with Crippen molar-refractivity contribution in [2.75, 3.05) is 13.1 Å². The second-order valence-corrected chi connectivity index (χ2v) is 7.65. The Morgan fingerprint density at radius 1 is 1.33 bits per heavy atom. The molecule has 126 valence electrons. The average Bonchev–Trinajstić information content (AvgIpc) is 3.09. The maximum absolute atomic E-state index is 13.9. The predicted molar refractivity (Wildman–Crippen MR) is 92.5 cm³/mol. The summed E-state index contributed by atoms with van der Waals surface area (Å²) in [6.45, 7) is 4.46. The maximum atomic E-state index is 13.9. The van der Waals surface area contributed by atoms with E-state index in [9.17, 15) is 9.18 Å². The second-order valence-electron chi connectivity index (χ2n) is 6.62. The van der Waals surface area contributed by atoms with E-state index in [0.29, 0.717) is 27.4 Å². The molecule has 1 amide bonds. The summed E-state index contributed by atoms with van der Waals surface area (Å²) in [4.78, 5) is 19.8. The lowest BCUT2D eigenvalue weighted by Crippen LogP contribution is -2.62. The number of halogens is 1. The Morgan fingerprint density at radius 2 is 2.08 bits per heavy atom. The van der Waals surface area contributed by atoms with Crippen molar-refractivity contribution >= 4 is 17.2 Å². The molecule has 3 aliphatic rings. The lowest BCUT2D eigenvalue weighted by atomic mass is 9.79. The Hall–Kier alpha value is -1.79. The van der Waals surface area contributed by atoms with Gasteiger partial charge in [-0.1, -0.05) is 12.1 Å². The molecule has 1 aromatic heterocycles. The molecule has 3 fully saturated rings. The van der Waals surface area contributed by atoms with Gasteiger partial charge in [0.1, 0.15) is 15.7 Å². The number of amides is 1. The van der Waals surface area contributed by atoms with Crippen LogP contribution in [0.15, 0.2) is 30.5 Å². The summed E-state index contributed by atoms with van der Waals surface area (Å²) in [5, 5.41) is 3.73. The molecule has 0 radical (unpaired) electrons. The quantitative estimate of drug-likeness (QED) is 0.929. The molecule has 6 heteroatoms. The van der Waals surface area contributed by atoms with Gasteiger partial charge in [-0.25, -0.2) is 9.37 Å². The van der Waals surface area contributed by atoms with Crippen LogP contribution in [0, 0.1) is 11.7 Å². The maximum Gasteiger partial charge on any atom is 0.263 e. The minimum atomic E-state index is -0.315. The zero-order chi connectivity index (χ0) is 16.7. The molecule has 1 N–H and O–H groups in total. The largest absolute Gasteiger partial charge is 0.347 e. The highest BCUT2D eigenvalue weighted by Crippen LogP contribution is 2.33. The van der Waals surface area contributed by atoms with Crippen LogP contribution < -0.4 is 5.32 Å². The lowest BCUT2D eigenvalue weighted by Gasteiger charge is -2.49. The monoisotopic (exact) mass is 345 g/mol. The van der Waals surface area contributed by atoms with E-state index >= 15 is 0 Å². The molecule has 2 unspecified atom stereocenters. The number of aromatic nitrogens is 1. The van der Waals surface area contributed by atoms with Gasteiger partial charge in [-0.15, -0.1) is 11.3 Å². The van der Waals surface area contributed by atoms with Crippen LogP contribution in [0.25, 0.3) is 10.6 Å². The normalized spacial score (nSPS) is 28.8. The number of thiazole rings is 1. The predicted octanol–water partition coefficient (Wildman–Crippen LogP) is 3.16. The van der Waals surface area contributed by atoms with Crippen molar-refractivity contribution in [2.45, 2.75) is 31.8 Å². The third-order valence-corrected chi connectivity index (χ3v) is 6.34. The van der Waals surface area contributed by atoms with Gasteiger partial charge in [0.2, 0.25) is 0 Å². The molecule has 5 rings (SSSR count). The summed E-state index contributed by atoms with van der Waals surface area (Å²) < 4.78 is 13.9. The SMILES string of the molecule is CC1C(NC(=O)c2cnc(-c3ccccc3F)s2)C2CCN1CC2. The van der Waals surface area contributed by atoms with Gasteiger partial charge in [-0.3, -0.25) is 9.69 Å². The van der Waals surface area contributed by atoms with Gasteiger partial charge < -0.3 is 5.32 Å². The lowest BCUT2D eigenvalue weighted by molar-refractivity contribution is 0.0218. The Bertz CT molecular complexity index is 752. The number of piperidine rings is 3. The van der Waals surface area contributed by atoms with Crippen molar-refractivity contribution in [1.29, 1.82) is 0 Å². The van der Waals surface area contributed by atoms with Crippen LogP contribution in [-0.2, 0) is 0 Å². The molecule has 2 atom stereocenters. The first kappa shape index (κ1) is 15.7. The first-order valence-corrected chi connectivity index (χ1v) is 9.21. The van der Waals surface area contributed by atoms with Crippen LogP contribution in [0.3, 0.4) is 0 Å². The highest BCUT2D eigenvalue weighted by atomic mass is 32.1. The zero-order valence-corrected chi connectivity index (χ0v) is 14.4. The van der Waals surface area contributed by atoms with E-state index in [1.165, 1.54) is 17.4 Å². The van der Waals surface area contributed by atoms with Gasteiger partial charge in [-0.2, -0.15) is 0 Å². The molecular formula is C18H20FN3OS. The number of hydrogen-bond donors (Lipinski definition) is 1. The summed E-state index contributed by atoms with van der Waals surface area (Å²) in [6.07, 6.45) is 3.85. The van der Waals surface area contributed by atoms with Gasteiger partial charge in [-0.05, 0) is 50.9 Å². The standard InChI is InChI=1S/C18H20FN3OS/c1-11-16(12-6-8-22(11)9-7-12)21-17(23)15-10-20-18(24-15)13-4-2-3-5-14(13)19/h2-5,10-12,16H,6-9H2,1H3,(H,21,23). The van der Waals surface area contributed by atoms with Crippen LogP contribution in [-0.4, -0.2) is 41.0 Å². The summed E-state index contributed by atoms with van der Waals surface area (Å²) in [5.74, 6) is 0.151. The first-order chi connectivity index (χ1) is 11.6. The highest BCUT2D eigenvalue weighted by Gasteiger charge is 2.40. The van der Waals surface area contributed by atoms with Crippen LogP contribution >= 0.6 is 11.3 Å². The van der Waals surface area contributed by atoms with E-state index in [1.54, 1.807) is 24.4 Å². The van der Waals surface area contributed by atoms with Crippen molar-refractivity contribution in [3.63, 3.8) is 0 Å². The number of fused-ring (bicyclic) bond motifs is 3. The Morgan fingerprint density at radius 3 is 2.79 bits per heavy atom. The number of nitrogens with zero attached hydrogens (tertiary/aromatic N) is 2. The molecule has 4 heterocycles. The Balaban J connectivity index is 1.51. The van der Waals surface area contributed by atoms with Crippen molar-refractivity contribution in [1.82, 2.24) is 15.2 Å². The fourth-order valence-corrected chi connectivity index (χ4v) is 4.75. The molecule has 0 aliphatic carbocycles. The molecule has 3 saturated heterocycles. The summed E-state index contributed by atoms with van der Waals surface area (Å²) in [5.41, 5.74) is 0.442. The van der Waals surface area contributed by atoms with E-state index < -0.39 is 0 Å². The van der Waals surface area contributed by atoms with E-state index in [-0.39, 0.29) is 17.8 Å². The number of carbonyl (C=O) groups is 1. The number of rotatable bonds is 3. The molecule has 2 bridgehead atoms. The molecule has 24 heavy (non-hydrogen) atoms. The van der Waals surface area contributed by atoms with Gasteiger partial charge in [0.15, 0.2) is 0 Å². The molecule has 3 aliphatic heterocycles. The zero-order valence-electron chi connectivity index (χ0n) is 13.5. The van der Waals surface area contributed by atoms with Crippen LogP contribution in [0.5, 0.6) is 0 Å². The van der Waals surface area contributed by atoms with Gasteiger partial charge >= 0.3 is 0 Å². The van der Waals surface area contributed by atoms with Crippen LogP contribution in [0.4, 0.5) is 4.39 Å². The fraction of sp³-hybridized carbons (Fsp3) is 0.444. The molecular weight excluding hydrogens is 325 g/mol. The number of benzene rings is 1. The molecule has 4 nitrogen and oxygen atoms in total. The topological polar surface area (TPSA) is 45.2 Å². The van der Waals surface area contributed by atoms with Crippen molar-refractivity contribution < 1.29 is 9.18 Å².